The summed E-state index contributed by atoms with van der Waals surface area (Å²) in [5, 5.41) is 11.6. The van der Waals surface area contributed by atoms with Gasteiger partial charge in [0, 0.05) is 23.9 Å². The van der Waals surface area contributed by atoms with Gasteiger partial charge in [-0.15, -0.1) is 0 Å². The number of amides is 1. The fourth-order valence-corrected chi connectivity index (χ4v) is 2.75. The summed E-state index contributed by atoms with van der Waals surface area (Å²) in [5.74, 6) is 1.08. The summed E-state index contributed by atoms with van der Waals surface area (Å²) in [4.78, 5) is 12.4. The van der Waals surface area contributed by atoms with Crippen molar-refractivity contribution in [3.8, 4) is 0 Å². The number of nitrogens with one attached hydrogen (secondary N) is 1. The fraction of sp³-hybridized carbons (Fsp3) is 0.286. The smallest absolute Gasteiger partial charge is 0.247 e. The highest BCUT2D eigenvalue weighted by Gasteiger charge is 2.12. The first-order valence-corrected chi connectivity index (χ1v) is 9.09. The zero-order chi connectivity index (χ0) is 19.2. The van der Waals surface area contributed by atoms with Gasteiger partial charge in [0.05, 0.1) is 12.4 Å². The van der Waals surface area contributed by atoms with Crippen LogP contribution in [0.15, 0.2) is 48.9 Å². The van der Waals surface area contributed by atoms with E-state index in [0.29, 0.717) is 5.92 Å². The van der Waals surface area contributed by atoms with E-state index < -0.39 is 0 Å². The normalized spacial score (nSPS) is 11.4. The lowest BCUT2D eigenvalue weighted by atomic mass is 10.2. The summed E-state index contributed by atoms with van der Waals surface area (Å²) in [6, 6.07) is 10.1. The predicted octanol–water partition coefficient (Wildman–Crippen LogP) is 3.85. The molecule has 6 heteroatoms. The Kier molecular flexibility index (Phi) is 5.86. The van der Waals surface area contributed by atoms with Crippen molar-refractivity contribution in [3.63, 3.8) is 0 Å². The van der Waals surface area contributed by atoms with Gasteiger partial charge in [0.25, 0.3) is 0 Å². The number of rotatable bonds is 7. The summed E-state index contributed by atoms with van der Waals surface area (Å²) in [5.41, 5.74) is 3.03. The standard InChI is InChI=1S/C21H25N5O/c1-16(2)13-26-21(17(3)11-23-26)24-20(27)15-25-14-19(12-22-25)10-9-18-7-5-4-6-8-18/h4-12,14,16H,13,15H2,1-3H3,(H,24,27)/b10-9+. The number of hydrogen-bond acceptors (Lipinski definition) is 3. The lowest BCUT2D eigenvalue weighted by Gasteiger charge is -2.12. The van der Waals surface area contributed by atoms with E-state index in [1.54, 1.807) is 17.1 Å². The molecule has 0 aliphatic heterocycles. The van der Waals surface area contributed by atoms with E-state index >= 15 is 0 Å². The largest absolute Gasteiger partial charge is 0.309 e. The Morgan fingerprint density at radius 3 is 2.59 bits per heavy atom. The summed E-state index contributed by atoms with van der Waals surface area (Å²) < 4.78 is 3.48. The van der Waals surface area contributed by atoms with E-state index in [1.165, 1.54) is 0 Å². The summed E-state index contributed by atoms with van der Waals surface area (Å²) in [6.07, 6.45) is 9.39. The molecule has 27 heavy (non-hydrogen) atoms. The Morgan fingerprint density at radius 2 is 1.85 bits per heavy atom. The Labute approximate surface area is 159 Å². The molecular weight excluding hydrogens is 338 g/mol. The Hall–Kier alpha value is -3.15. The molecule has 0 fully saturated rings. The molecule has 0 atom stereocenters. The third kappa shape index (κ3) is 5.17. The molecule has 0 bridgehead atoms. The molecular formula is C21H25N5O. The van der Waals surface area contributed by atoms with Gasteiger partial charge in [-0.05, 0) is 18.4 Å². The SMILES string of the molecule is Cc1cnn(CC(C)C)c1NC(=O)Cn1cc(/C=C/c2ccccc2)cn1. The van der Waals surface area contributed by atoms with Crippen molar-refractivity contribution in [2.24, 2.45) is 5.92 Å². The highest BCUT2D eigenvalue weighted by atomic mass is 16.2. The molecule has 0 saturated carbocycles. The minimum absolute atomic E-state index is 0.120. The third-order valence-electron chi connectivity index (χ3n) is 4.04. The van der Waals surface area contributed by atoms with Gasteiger partial charge in [0.1, 0.15) is 12.4 Å². The molecule has 140 valence electrons. The van der Waals surface area contributed by atoms with Crippen molar-refractivity contribution in [1.29, 1.82) is 0 Å². The second-order valence-corrected chi connectivity index (χ2v) is 7.02. The molecule has 0 unspecified atom stereocenters. The van der Waals surface area contributed by atoms with E-state index in [2.05, 4.69) is 29.4 Å². The Balaban J connectivity index is 1.62. The van der Waals surface area contributed by atoms with Crippen LogP contribution in [0.5, 0.6) is 0 Å². The molecule has 2 heterocycles. The van der Waals surface area contributed by atoms with Gasteiger partial charge in [-0.3, -0.25) is 9.48 Å². The second kappa shape index (κ2) is 8.49. The van der Waals surface area contributed by atoms with Gasteiger partial charge in [-0.1, -0.05) is 56.3 Å². The molecule has 1 N–H and O–H groups in total. The van der Waals surface area contributed by atoms with Crippen LogP contribution in [0.1, 0.15) is 30.5 Å². The predicted molar refractivity (Wildman–Crippen MR) is 108 cm³/mol. The van der Waals surface area contributed by atoms with Crippen molar-refractivity contribution < 1.29 is 4.79 Å². The maximum atomic E-state index is 12.4. The molecule has 3 aromatic rings. The van der Waals surface area contributed by atoms with Crippen LogP contribution in [-0.2, 0) is 17.9 Å². The highest BCUT2D eigenvalue weighted by Crippen LogP contribution is 2.16. The number of hydrogen-bond donors (Lipinski definition) is 1. The van der Waals surface area contributed by atoms with Gasteiger partial charge < -0.3 is 5.32 Å². The average molecular weight is 363 g/mol. The van der Waals surface area contributed by atoms with Crippen LogP contribution in [0.2, 0.25) is 0 Å². The maximum Gasteiger partial charge on any atom is 0.247 e. The van der Waals surface area contributed by atoms with Crippen molar-refractivity contribution >= 4 is 23.9 Å². The number of anilines is 1. The lowest BCUT2D eigenvalue weighted by molar-refractivity contribution is -0.117. The van der Waals surface area contributed by atoms with Crippen molar-refractivity contribution in [1.82, 2.24) is 19.6 Å². The summed E-state index contributed by atoms with van der Waals surface area (Å²) >= 11 is 0. The van der Waals surface area contributed by atoms with E-state index in [9.17, 15) is 4.79 Å². The number of carbonyl (C=O) groups is 1. The average Bonchev–Trinajstić information content (AvgIpc) is 3.22. The molecule has 1 aromatic carbocycles. The van der Waals surface area contributed by atoms with Gasteiger partial charge in [-0.25, -0.2) is 4.68 Å². The molecule has 0 radical (unpaired) electrons. The van der Waals surface area contributed by atoms with Crippen molar-refractivity contribution in [2.45, 2.75) is 33.9 Å². The number of benzene rings is 1. The number of nitrogens with zero attached hydrogens (tertiary/aromatic N) is 4. The van der Waals surface area contributed by atoms with Crippen LogP contribution in [-0.4, -0.2) is 25.5 Å². The quantitative estimate of drug-likeness (QED) is 0.693. The summed E-state index contributed by atoms with van der Waals surface area (Å²) in [7, 11) is 0. The van der Waals surface area contributed by atoms with Crippen LogP contribution in [0.3, 0.4) is 0 Å². The van der Waals surface area contributed by atoms with Crippen LogP contribution in [0.4, 0.5) is 5.82 Å². The van der Waals surface area contributed by atoms with Gasteiger partial charge in [0.2, 0.25) is 5.91 Å². The first-order valence-electron chi connectivity index (χ1n) is 9.09. The van der Waals surface area contributed by atoms with Crippen molar-refractivity contribution in [3.05, 3.63) is 65.6 Å². The third-order valence-corrected chi connectivity index (χ3v) is 4.04. The molecule has 3 rings (SSSR count). The molecule has 6 nitrogen and oxygen atoms in total. The highest BCUT2D eigenvalue weighted by molar-refractivity contribution is 5.90. The fourth-order valence-electron chi connectivity index (χ4n) is 2.75. The van der Waals surface area contributed by atoms with Gasteiger partial charge in [0.15, 0.2) is 0 Å². The number of aromatic nitrogens is 4. The van der Waals surface area contributed by atoms with Gasteiger partial charge in [-0.2, -0.15) is 10.2 Å². The zero-order valence-corrected chi connectivity index (χ0v) is 16.0. The molecule has 0 spiro atoms. The molecule has 0 aliphatic carbocycles. The molecule has 1 amide bonds. The van der Waals surface area contributed by atoms with E-state index in [-0.39, 0.29) is 12.5 Å². The van der Waals surface area contributed by atoms with E-state index in [0.717, 1.165) is 29.1 Å². The first kappa shape index (κ1) is 18.6. The lowest BCUT2D eigenvalue weighted by Crippen LogP contribution is -2.22. The topological polar surface area (TPSA) is 64.7 Å². The minimum atomic E-state index is -0.120. The monoisotopic (exact) mass is 363 g/mol. The van der Waals surface area contributed by atoms with Crippen LogP contribution < -0.4 is 5.32 Å². The van der Waals surface area contributed by atoms with Crippen LogP contribution in [0, 0.1) is 12.8 Å². The van der Waals surface area contributed by atoms with Crippen molar-refractivity contribution in [2.75, 3.05) is 5.32 Å². The van der Waals surface area contributed by atoms with Crippen LogP contribution >= 0.6 is 0 Å². The van der Waals surface area contributed by atoms with E-state index in [1.807, 2.05) is 60.3 Å². The number of carbonyl (C=O) groups excluding carboxylic acids is 1. The maximum absolute atomic E-state index is 12.4. The van der Waals surface area contributed by atoms with Gasteiger partial charge >= 0.3 is 0 Å². The molecule has 2 aromatic heterocycles. The first-order chi connectivity index (χ1) is 13.0. The second-order valence-electron chi connectivity index (χ2n) is 7.02. The Bertz CT molecular complexity index is 921. The molecule has 0 aliphatic rings. The molecule has 0 saturated heterocycles. The summed E-state index contributed by atoms with van der Waals surface area (Å²) in [6.45, 7) is 7.11. The minimum Gasteiger partial charge on any atom is -0.309 e. The van der Waals surface area contributed by atoms with E-state index in [4.69, 9.17) is 0 Å². The number of aryl methyl sites for hydroxylation is 1. The zero-order valence-electron chi connectivity index (χ0n) is 16.0. The van der Waals surface area contributed by atoms with Crippen LogP contribution in [0.25, 0.3) is 12.2 Å². The Morgan fingerprint density at radius 1 is 1.11 bits per heavy atom.